The Bertz CT molecular complexity index is 847. The van der Waals surface area contributed by atoms with E-state index in [-0.39, 0.29) is 24.9 Å². The van der Waals surface area contributed by atoms with E-state index < -0.39 is 6.09 Å². The topological polar surface area (TPSA) is 56.8 Å². The SMILES string of the molecule is CC1(C)OB(c2ccc(C=CCCNC(=O)OCc3ccccc3)cc2)OC1(C)C. The maximum Gasteiger partial charge on any atom is 0.494 e. The number of amides is 1. The van der Waals surface area contributed by atoms with Gasteiger partial charge < -0.3 is 19.4 Å². The van der Waals surface area contributed by atoms with E-state index in [1.165, 1.54) is 0 Å². The first-order valence-corrected chi connectivity index (χ1v) is 10.3. The van der Waals surface area contributed by atoms with Crippen molar-refractivity contribution >= 4 is 24.8 Å². The Kier molecular flexibility index (Phi) is 7.00. The molecule has 1 N–H and O–H groups in total. The van der Waals surface area contributed by atoms with Crippen LogP contribution in [0, 0.1) is 0 Å². The van der Waals surface area contributed by atoms with Gasteiger partial charge in [-0.2, -0.15) is 0 Å². The predicted octanol–water partition coefficient (Wildman–Crippen LogP) is 4.32. The highest BCUT2D eigenvalue weighted by molar-refractivity contribution is 6.62. The van der Waals surface area contributed by atoms with Crippen molar-refractivity contribution < 1.29 is 18.8 Å². The molecule has 1 amide bonds. The van der Waals surface area contributed by atoms with Crippen molar-refractivity contribution in [3.8, 4) is 0 Å². The van der Waals surface area contributed by atoms with Gasteiger partial charge in [0.15, 0.2) is 0 Å². The van der Waals surface area contributed by atoms with Gasteiger partial charge in [0.05, 0.1) is 11.2 Å². The summed E-state index contributed by atoms with van der Waals surface area (Å²) in [5.41, 5.74) is 2.38. The van der Waals surface area contributed by atoms with Crippen molar-refractivity contribution in [2.45, 2.75) is 51.9 Å². The van der Waals surface area contributed by atoms with Gasteiger partial charge in [-0.15, -0.1) is 0 Å². The Morgan fingerprint density at radius 3 is 2.27 bits per heavy atom. The number of nitrogens with one attached hydrogen (secondary N) is 1. The Hall–Kier alpha value is -2.57. The van der Waals surface area contributed by atoms with Crippen LogP contribution in [0.25, 0.3) is 6.08 Å². The van der Waals surface area contributed by atoms with Crippen molar-refractivity contribution in [3.63, 3.8) is 0 Å². The number of carbonyl (C=O) groups excluding carboxylic acids is 1. The van der Waals surface area contributed by atoms with E-state index in [9.17, 15) is 4.79 Å². The van der Waals surface area contributed by atoms with Gasteiger partial charge in [0.1, 0.15) is 6.61 Å². The fraction of sp³-hybridized carbons (Fsp3) is 0.375. The molecule has 1 fully saturated rings. The quantitative estimate of drug-likeness (QED) is 0.549. The molecule has 0 spiro atoms. The minimum Gasteiger partial charge on any atom is -0.445 e. The van der Waals surface area contributed by atoms with Crippen LogP contribution in [0.2, 0.25) is 0 Å². The zero-order chi connectivity index (χ0) is 21.6. The second-order valence-corrected chi connectivity index (χ2v) is 8.43. The summed E-state index contributed by atoms with van der Waals surface area (Å²) in [6.07, 6.45) is 4.38. The van der Waals surface area contributed by atoms with E-state index in [1.807, 2.05) is 66.7 Å². The van der Waals surface area contributed by atoms with Crippen molar-refractivity contribution in [3.05, 3.63) is 71.8 Å². The van der Waals surface area contributed by atoms with Crippen LogP contribution in [-0.4, -0.2) is 31.0 Å². The van der Waals surface area contributed by atoms with E-state index >= 15 is 0 Å². The Balaban J connectivity index is 1.39. The van der Waals surface area contributed by atoms with Gasteiger partial charge in [-0.05, 0) is 50.7 Å². The lowest BCUT2D eigenvalue weighted by Crippen LogP contribution is -2.41. The molecule has 2 aromatic carbocycles. The molecule has 1 saturated heterocycles. The average Bonchev–Trinajstić information content (AvgIpc) is 2.94. The molecule has 0 saturated carbocycles. The van der Waals surface area contributed by atoms with Gasteiger partial charge in [-0.25, -0.2) is 4.79 Å². The first-order chi connectivity index (χ1) is 14.3. The summed E-state index contributed by atoms with van der Waals surface area (Å²) in [5, 5.41) is 2.76. The molecule has 5 nitrogen and oxygen atoms in total. The summed E-state index contributed by atoms with van der Waals surface area (Å²) in [4.78, 5) is 11.7. The Labute approximate surface area is 179 Å². The lowest BCUT2D eigenvalue weighted by Gasteiger charge is -2.32. The lowest BCUT2D eigenvalue weighted by atomic mass is 9.79. The molecule has 0 radical (unpaired) electrons. The molecule has 0 aromatic heterocycles. The molecule has 0 bridgehead atoms. The molecule has 30 heavy (non-hydrogen) atoms. The zero-order valence-electron chi connectivity index (χ0n) is 18.2. The molecule has 1 aliphatic rings. The van der Waals surface area contributed by atoms with Crippen LogP contribution in [0.4, 0.5) is 4.79 Å². The number of hydrogen-bond donors (Lipinski definition) is 1. The molecule has 0 atom stereocenters. The monoisotopic (exact) mass is 407 g/mol. The normalized spacial score (nSPS) is 17.3. The van der Waals surface area contributed by atoms with Gasteiger partial charge in [-0.1, -0.05) is 66.7 Å². The molecule has 6 heteroatoms. The zero-order valence-corrected chi connectivity index (χ0v) is 18.2. The first-order valence-electron chi connectivity index (χ1n) is 10.3. The average molecular weight is 407 g/mol. The molecule has 2 aromatic rings. The summed E-state index contributed by atoms with van der Waals surface area (Å²) < 4.78 is 17.3. The minimum absolute atomic E-state index is 0.275. The third-order valence-corrected chi connectivity index (χ3v) is 5.57. The van der Waals surface area contributed by atoms with Gasteiger partial charge in [0, 0.05) is 6.54 Å². The molecule has 0 unspecified atom stereocenters. The molecule has 3 rings (SSSR count). The van der Waals surface area contributed by atoms with Gasteiger partial charge in [0.2, 0.25) is 0 Å². The minimum atomic E-state index is -0.404. The van der Waals surface area contributed by atoms with E-state index in [2.05, 4.69) is 33.0 Å². The van der Waals surface area contributed by atoms with Crippen molar-refractivity contribution in [1.82, 2.24) is 5.32 Å². The van der Waals surface area contributed by atoms with Crippen LogP contribution >= 0.6 is 0 Å². The van der Waals surface area contributed by atoms with E-state index in [0.717, 1.165) is 23.0 Å². The fourth-order valence-electron chi connectivity index (χ4n) is 2.99. The van der Waals surface area contributed by atoms with Crippen LogP contribution in [-0.2, 0) is 20.7 Å². The second-order valence-electron chi connectivity index (χ2n) is 8.43. The lowest BCUT2D eigenvalue weighted by molar-refractivity contribution is 0.00578. The number of benzene rings is 2. The number of rotatable bonds is 7. The second kappa shape index (κ2) is 9.50. The number of hydrogen-bond acceptors (Lipinski definition) is 4. The maximum absolute atomic E-state index is 11.7. The molecule has 0 aliphatic carbocycles. The largest absolute Gasteiger partial charge is 0.494 e. The van der Waals surface area contributed by atoms with Crippen molar-refractivity contribution in [2.24, 2.45) is 0 Å². The number of alkyl carbamates (subject to hydrolysis) is 1. The van der Waals surface area contributed by atoms with Crippen LogP contribution < -0.4 is 10.8 Å². The molecule has 1 aliphatic heterocycles. The summed E-state index contributed by atoms with van der Waals surface area (Å²) in [6.45, 7) is 9.00. The van der Waals surface area contributed by atoms with Gasteiger partial charge in [-0.3, -0.25) is 0 Å². The van der Waals surface area contributed by atoms with E-state index in [0.29, 0.717) is 6.54 Å². The molecular weight excluding hydrogens is 377 g/mol. The van der Waals surface area contributed by atoms with E-state index in [1.54, 1.807) is 0 Å². The standard InChI is InChI=1S/C24H30BNO4/c1-23(2)24(3,4)30-25(29-23)21-15-13-19(14-16-21)10-8-9-17-26-22(27)28-18-20-11-6-5-7-12-20/h5-8,10-16H,9,17-18H2,1-4H3,(H,26,27). The Morgan fingerprint density at radius 1 is 1.00 bits per heavy atom. The third kappa shape index (κ3) is 5.74. The van der Waals surface area contributed by atoms with Crippen LogP contribution in [0.5, 0.6) is 0 Å². The highest BCUT2D eigenvalue weighted by Gasteiger charge is 2.51. The first kappa shape index (κ1) is 22.1. The summed E-state index contributed by atoms with van der Waals surface area (Å²) in [5.74, 6) is 0. The van der Waals surface area contributed by atoms with Crippen molar-refractivity contribution in [1.29, 1.82) is 0 Å². The third-order valence-electron chi connectivity index (χ3n) is 5.57. The summed E-state index contributed by atoms with van der Waals surface area (Å²) in [7, 11) is -0.348. The highest BCUT2D eigenvalue weighted by atomic mass is 16.7. The van der Waals surface area contributed by atoms with Gasteiger partial charge in [0.25, 0.3) is 0 Å². The summed E-state index contributed by atoms with van der Waals surface area (Å²) >= 11 is 0. The van der Waals surface area contributed by atoms with Crippen LogP contribution in [0.1, 0.15) is 45.2 Å². The predicted molar refractivity (Wildman–Crippen MR) is 120 cm³/mol. The highest BCUT2D eigenvalue weighted by Crippen LogP contribution is 2.36. The smallest absolute Gasteiger partial charge is 0.445 e. The van der Waals surface area contributed by atoms with Crippen LogP contribution in [0.3, 0.4) is 0 Å². The summed E-state index contributed by atoms with van der Waals surface area (Å²) in [6, 6.07) is 17.8. The molecule has 158 valence electrons. The molecular formula is C24H30BNO4. The Morgan fingerprint density at radius 2 is 1.63 bits per heavy atom. The maximum atomic E-state index is 11.7. The number of carbonyl (C=O) groups is 1. The van der Waals surface area contributed by atoms with E-state index in [4.69, 9.17) is 14.0 Å². The van der Waals surface area contributed by atoms with Gasteiger partial charge >= 0.3 is 13.2 Å². The number of ether oxygens (including phenoxy) is 1. The molecule has 1 heterocycles. The van der Waals surface area contributed by atoms with Crippen LogP contribution in [0.15, 0.2) is 60.7 Å². The fourth-order valence-corrected chi connectivity index (χ4v) is 2.99. The van der Waals surface area contributed by atoms with Crippen molar-refractivity contribution in [2.75, 3.05) is 6.54 Å².